The van der Waals surface area contributed by atoms with Crippen LogP contribution in [-0.2, 0) is 14.8 Å². The van der Waals surface area contributed by atoms with Crippen molar-refractivity contribution in [1.82, 2.24) is 9.62 Å². The van der Waals surface area contributed by atoms with Crippen LogP contribution in [0.4, 0.5) is 0 Å². The van der Waals surface area contributed by atoms with Crippen molar-refractivity contribution in [2.24, 2.45) is 5.92 Å². The highest BCUT2D eigenvalue weighted by Crippen LogP contribution is 2.23. The van der Waals surface area contributed by atoms with Crippen LogP contribution in [0.25, 0.3) is 0 Å². The standard InChI is InChI=1S/C17H26N2O3S/c1-13-8-10-15(11-9-13)23(21,22)19(3)12-17(20)18-16-7-5-4-6-14(16)2/h8-11,14,16H,4-7,12H2,1-3H3,(H,18,20)/t14-,16+/m1/s1. The molecule has 1 aliphatic rings. The molecule has 0 aromatic heterocycles. The molecule has 0 bridgehead atoms. The third-order valence-electron chi connectivity index (χ3n) is 4.55. The summed E-state index contributed by atoms with van der Waals surface area (Å²) in [5, 5.41) is 2.99. The molecule has 0 spiro atoms. The summed E-state index contributed by atoms with van der Waals surface area (Å²) in [6.07, 6.45) is 4.41. The van der Waals surface area contributed by atoms with Crippen molar-refractivity contribution in [1.29, 1.82) is 0 Å². The van der Waals surface area contributed by atoms with E-state index in [0.29, 0.717) is 5.92 Å². The topological polar surface area (TPSA) is 66.5 Å². The van der Waals surface area contributed by atoms with E-state index in [4.69, 9.17) is 0 Å². The van der Waals surface area contributed by atoms with Crippen LogP contribution in [0.1, 0.15) is 38.2 Å². The molecule has 2 rings (SSSR count). The van der Waals surface area contributed by atoms with Crippen molar-refractivity contribution in [2.45, 2.75) is 50.5 Å². The summed E-state index contributed by atoms with van der Waals surface area (Å²) in [5.74, 6) is 0.216. The Hall–Kier alpha value is -1.40. The number of sulfonamides is 1. The number of rotatable bonds is 5. The number of nitrogens with one attached hydrogen (secondary N) is 1. The second kappa shape index (κ2) is 7.45. The van der Waals surface area contributed by atoms with E-state index in [1.54, 1.807) is 24.3 Å². The number of hydrogen-bond acceptors (Lipinski definition) is 3. The minimum Gasteiger partial charge on any atom is -0.352 e. The Kier molecular flexibility index (Phi) is 5.81. The van der Waals surface area contributed by atoms with Gasteiger partial charge >= 0.3 is 0 Å². The summed E-state index contributed by atoms with van der Waals surface area (Å²) in [6, 6.07) is 6.81. The molecule has 1 N–H and O–H groups in total. The fraction of sp³-hybridized carbons (Fsp3) is 0.588. The predicted molar refractivity (Wildman–Crippen MR) is 90.6 cm³/mol. The summed E-state index contributed by atoms with van der Waals surface area (Å²) < 4.78 is 26.1. The highest BCUT2D eigenvalue weighted by molar-refractivity contribution is 7.89. The molecule has 1 fully saturated rings. The monoisotopic (exact) mass is 338 g/mol. The number of hydrogen-bond donors (Lipinski definition) is 1. The number of likely N-dealkylation sites (N-methyl/N-ethyl adjacent to an activating group) is 1. The number of carbonyl (C=O) groups is 1. The number of nitrogens with zero attached hydrogens (tertiary/aromatic N) is 1. The minimum absolute atomic E-state index is 0.153. The van der Waals surface area contributed by atoms with Crippen molar-refractivity contribution in [3.63, 3.8) is 0 Å². The van der Waals surface area contributed by atoms with Crippen LogP contribution in [0.5, 0.6) is 0 Å². The van der Waals surface area contributed by atoms with Gasteiger partial charge in [-0.05, 0) is 37.8 Å². The van der Waals surface area contributed by atoms with E-state index >= 15 is 0 Å². The zero-order chi connectivity index (χ0) is 17.0. The zero-order valence-electron chi connectivity index (χ0n) is 14.1. The normalized spacial score (nSPS) is 22.1. The lowest BCUT2D eigenvalue weighted by molar-refractivity contribution is -0.122. The van der Waals surface area contributed by atoms with E-state index < -0.39 is 10.0 Å². The maximum Gasteiger partial charge on any atom is 0.243 e. The second-order valence-corrected chi connectivity index (χ2v) is 8.55. The van der Waals surface area contributed by atoms with E-state index in [1.807, 2.05) is 6.92 Å². The molecule has 0 saturated heterocycles. The Morgan fingerprint density at radius 1 is 1.22 bits per heavy atom. The molecule has 0 unspecified atom stereocenters. The van der Waals surface area contributed by atoms with Crippen molar-refractivity contribution in [3.05, 3.63) is 29.8 Å². The summed E-state index contributed by atoms with van der Waals surface area (Å²) in [5.41, 5.74) is 0.996. The van der Waals surface area contributed by atoms with Crippen molar-refractivity contribution < 1.29 is 13.2 Å². The molecule has 23 heavy (non-hydrogen) atoms. The first-order valence-corrected chi connectivity index (χ1v) is 9.57. The van der Waals surface area contributed by atoms with E-state index in [0.717, 1.165) is 29.1 Å². The quantitative estimate of drug-likeness (QED) is 0.896. The van der Waals surface area contributed by atoms with Crippen molar-refractivity contribution >= 4 is 15.9 Å². The van der Waals surface area contributed by atoms with Gasteiger partial charge in [0.15, 0.2) is 0 Å². The average molecular weight is 338 g/mol. The highest BCUT2D eigenvalue weighted by atomic mass is 32.2. The third kappa shape index (κ3) is 4.54. The van der Waals surface area contributed by atoms with Gasteiger partial charge in [0.2, 0.25) is 15.9 Å². The van der Waals surface area contributed by atoms with Gasteiger partial charge in [-0.3, -0.25) is 4.79 Å². The van der Waals surface area contributed by atoms with Crippen LogP contribution in [-0.4, -0.2) is 38.3 Å². The lowest BCUT2D eigenvalue weighted by Gasteiger charge is -2.30. The first-order valence-electron chi connectivity index (χ1n) is 8.13. The number of amides is 1. The average Bonchev–Trinajstić information content (AvgIpc) is 2.50. The van der Waals surface area contributed by atoms with Crippen molar-refractivity contribution in [3.8, 4) is 0 Å². The zero-order valence-corrected chi connectivity index (χ0v) is 14.9. The summed E-state index contributed by atoms with van der Waals surface area (Å²) in [4.78, 5) is 12.4. The maximum atomic E-state index is 12.5. The van der Waals surface area contributed by atoms with Gasteiger partial charge in [0, 0.05) is 13.1 Å². The van der Waals surface area contributed by atoms with Crippen molar-refractivity contribution in [2.75, 3.05) is 13.6 Å². The number of carbonyl (C=O) groups excluding carboxylic acids is 1. The Balaban J connectivity index is 1.98. The van der Waals surface area contributed by atoms with Gasteiger partial charge in [0.25, 0.3) is 0 Å². The molecule has 5 nitrogen and oxygen atoms in total. The third-order valence-corrected chi connectivity index (χ3v) is 6.37. The summed E-state index contributed by atoms with van der Waals surface area (Å²) in [7, 11) is -2.19. The lowest BCUT2D eigenvalue weighted by atomic mass is 9.86. The molecule has 1 aromatic carbocycles. The van der Waals surface area contributed by atoms with Crippen LogP contribution >= 0.6 is 0 Å². The van der Waals surface area contributed by atoms with Crippen LogP contribution in [0.3, 0.4) is 0 Å². The molecule has 0 aliphatic heterocycles. The molecular weight excluding hydrogens is 312 g/mol. The Labute approximate surface area is 139 Å². The molecule has 1 saturated carbocycles. The fourth-order valence-corrected chi connectivity index (χ4v) is 4.09. The highest BCUT2D eigenvalue weighted by Gasteiger charge is 2.26. The van der Waals surface area contributed by atoms with Gasteiger partial charge in [0.05, 0.1) is 11.4 Å². The molecular formula is C17H26N2O3S. The summed E-state index contributed by atoms with van der Waals surface area (Å²) >= 11 is 0. The van der Waals surface area contributed by atoms with Crippen LogP contribution < -0.4 is 5.32 Å². The van der Waals surface area contributed by atoms with Crippen LogP contribution in [0.15, 0.2) is 29.2 Å². The van der Waals surface area contributed by atoms with Gasteiger partial charge in [-0.25, -0.2) is 8.42 Å². The molecule has 6 heteroatoms. The van der Waals surface area contributed by atoms with Gasteiger partial charge in [-0.15, -0.1) is 0 Å². The number of benzene rings is 1. The lowest BCUT2D eigenvalue weighted by Crippen LogP contribution is -2.46. The van der Waals surface area contributed by atoms with Gasteiger partial charge in [-0.2, -0.15) is 4.31 Å². The second-order valence-electron chi connectivity index (χ2n) is 6.51. The first-order chi connectivity index (χ1) is 10.8. The molecule has 128 valence electrons. The number of aryl methyl sites for hydroxylation is 1. The molecule has 0 radical (unpaired) electrons. The molecule has 1 amide bonds. The van der Waals surface area contributed by atoms with E-state index in [1.165, 1.54) is 13.5 Å². The van der Waals surface area contributed by atoms with Gasteiger partial charge in [0.1, 0.15) is 0 Å². The molecule has 2 atom stereocenters. The summed E-state index contributed by atoms with van der Waals surface area (Å²) in [6.45, 7) is 3.88. The van der Waals surface area contributed by atoms with Gasteiger partial charge < -0.3 is 5.32 Å². The first kappa shape index (κ1) is 17.9. The van der Waals surface area contributed by atoms with E-state index in [2.05, 4.69) is 12.2 Å². The Bertz CT molecular complexity index is 640. The van der Waals surface area contributed by atoms with Gasteiger partial charge in [-0.1, -0.05) is 37.5 Å². The maximum absolute atomic E-state index is 12.5. The SMILES string of the molecule is Cc1ccc(S(=O)(=O)N(C)CC(=O)N[C@H]2CCCC[C@H]2C)cc1. The minimum atomic E-state index is -3.63. The Morgan fingerprint density at radius 3 is 2.43 bits per heavy atom. The molecule has 1 aliphatic carbocycles. The van der Waals surface area contributed by atoms with Crippen LogP contribution in [0.2, 0.25) is 0 Å². The largest absolute Gasteiger partial charge is 0.352 e. The smallest absolute Gasteiger partial charge is 0.243 e. The Morgan fingerprint density at radius 2 is 1.83 bits per heavy atom. The van der Waals surface area contributed by atoms with E-state index in [-0.39, 0.29) is 23.4 Å². The predicted octanol–water partition coefficient (Wildman–Crippen LogP) is 2.31. The fourth-order valence-electron chi connectivity index (χ4n) is 2.96. The molecule has 0 heterocycles. The van der Waals surface area contributed by atoms with Crippen LogP contribution in [0, 0.1) is 12.8 Å². The van der Waals surface area contributed by atoms with E-state index in [9.17, 15) is 13.2 Å². The molecule has 1 aromatic rings.